The minimum absolute atomic E-state index is 0.143. The Labute approximate surface area is 189 Å². The van der Waals surface area contributed by atoms with E-state index in [-0.39, 0.29) is 24.1 Å². The number of hydrogen-bond donors (Lipinski definition) is 1. The lowest BCUT2D eigenvalue weighted by atomic mass is 9.83. The molecule has 4 rings (SSSR count). The smallest absolute Gasteiger partial charge is 0.393 e. The molecule has 0 unspecified atom stereocenters. The van der Waals surface area contributed by atoms with Gasteiger partial charge in [0.15, 0.2) is 11.6 Å². The van der Waals surface area contributed by atoms with Crippen LogP contribution in [0.3, 0.4) is 0 Å². The first kappa shape index (κ1) is 23.1. The number of alkyl halides is 3. The van der Waals surface area contributed by atoms with E-state index < -0.39 is 11.7 Å². The van der Waals surface area contributed by atoms with Gasteiger partial charge >= 0.3 is 6.18 Å². The summed E-state index contributed by atoms with van der Waals surface area (Å²) >= 11 is 0. The van der Waals surface area contributed by atoms with Gasteiger partial charge in [-0.3, -0.25) is 9.78 Å². The second kappa shape index (κ2) is 9.05. The number of carbonyl (C=O) groups is 1. The molecule has 9 heteroatoms. The standard InChI is InChI=1S/C24H25F3N4O2/c1-14-9-16(11-29-23(14)17-3-6-19(32)7-4-17)10-21(33)20-13-30-31(15(20)2)22-8-5-18(12-28-22)24(25,26)27/h5,8-9,11-13,17,19,32H,3-4,6-7,10H2,1-2H3. The molecule has 3 aromatic heterocycles. The van der Waals surface area contributed by atoms with E-state index in [0.29, 0.717) is 17.2 Å². The topological polar surface area (TPSA) is 80.9 Å². The SMILES string of the molecule is Cc1cc(CC(=O)c2cnn(-c3ccc(C(F)(F)F)cn3)c2C)cnc1C1CCC(O)CC1. The number of pyridine rings is 2. The summed E-state index contributed by atoms with van der Waals surface area (Å²) in [5.74, 6) is 0.384. The lowest BCUT2D eigenvalue weighted by Gasteiger charge is -2.26. The summed E-state index contributed by atoms with van der Waals surface area (Å²) < 4.78 is 39.7. The predicted octanol–water partition coefficient (Wildman–Crippen LogP) is 4.74. The second-order valence-electron chi connectivity index (χ2n) is 8.61. The second-order valence-corrected chi connectivity index (χ2v) is 8.61. The van der Waals surface area contributed by atoms with Crippen LogP contribution in [0.4, 0.5) is 13.2 Å². The maximum absolute atomic E-state index is 12.9. The average Bonchev–Trinajstić information content (AvgIpc) is 3.15. The number of aromatic nitrogens is 4. The molecule has 33 heavy (non-hydrogen) atoms. The maximum atomic E-state index is 12.9. The zero-order valence-electron chi connectivity index (χ0n) is 18.4. The molecule has 174 valence electrons. The van der Waals surface area contributed by atoms with Crippen LogP contribution in [-0.2, 0) is 12.6 Å². The van der Waals surface area contributed by atoms with E-state index in [1.165, 1.54) is 16.9 Å². The van der Waals surface area contributed by atoms with Crippen LogP contribution in [0.2, 0.25) is 0 Å². The first-order valence-electron chi connectivity index (χ1n) is 10.9. The Kier molecular flexibility index (Phi) is 6.34. The molecule has 1 fully saturated rings. The van der Waals surface area contributed by atoms with Crippen molar-refractivity contribution < 1.29 is 23.1 Å². The molecule has 0 amide bonds. The highest BCUT2D eigenvalue weighted by atomic mass is 19.4. The van der Waals surface area contributed by atoms with Gasteiger partial charge in [-0.05, 0) is 62.8 Å². The summed E-state index contributed by atoms with van der Waals surface area (Å²) in [7, 11) is 0. The van der Waals surface area contributed by atoms with E-state index in [4.69, 9.17) is 0 Å². The normalized spacial score (nSPS) is 19.0. The molecule has 1 aliphatic carbocycles. The minimum Gasteiger partial charge on any atom is -0.393 e. The van der Waals surface area contributed by atoms with Crippen LogP contribution in [0.5, 0.6) is 0 Å². The van der Waals surface area contributed by atoms with Crippen LogP contribution < -0.4 is 0 Å². The molecule has 1 aliphatic rings. The molecule has 0 radical (unpaired) electrons. The quantitative estimate of drug-likeness (QED) is 0.559. The van der Waals surface area contributed by atoms with E-state index in [2.05, 4.69) is 15.1 Å². The van der Waals surface area contributed by atoms with Crippen molar-refractivity contribution in [3.8, 4) is 5.82 Å². The van der Waals surface area contributed by atoms with Crippen LogP contribution in [0.15, 0.2) is 36.8 Å². The maximum Gasteiger partial charge on any atom is 0.417 e. The summed E-state index contributed by atoms with van der Waals surface area (Å²) in [5.41, 5.74) is 2.90. The number of hydrogen-bond acceptors (Lipinski definition) is 5. The molecular weight excluding hydrogens is 433 g/mol. The molecule has 3 heterocycles. The third kappa shape index (κ3) is 4.98. The van der Waals surface area contributed by atoms with Gasteiger partial charge in [0, 0.05) is 30.4 Å². The fraction of sp³-hybridized carbons (Fsp3) is 0.417. The van der Waals surface area contributed by atoms with E-state index in [0.717, 1.165) is 54.8 Å². The van der Waals surface area contributed by atoms with Crippen LogP contribution in [0.25, 0.3) is 5.82 Å². The predicted molar refractivity (Wildman–Crippen MR) is 115 cm³/mol. The highest BCUT2D eigenvalue weighted by Gasteiger charge is 2.31. The zero-order chi connectivity index (χ0) is 23.8. The van der Waals surface area contributed by atoms with Crippen molar-refractivity contribution in [2.45, 2.75) is 64.1 Å². The summed E-state index contributed by atoms with van der Waals surface area (Å²) in [6.07, 6.45) is 2.72. The van der Waals surface area contributed by atoms with Crippen molar-refractivity contribution >= 4 is 5.78 Å². The lowest BCUT2D eigenvalue weighted by Crippen LogP contribution is -2.18. The van der Waals surface area contributed by atoms with Crippen LogP contribution >= 0.6 is 0 Å². The number of rotatable bonds is 5. The van der Waals surface area contributed by atoms with E-state index in [1.807, 2.05) is 13.0 Å². The van der Waals surface area contributed by atoms with Gasteiger partial charge in [-0.1, -0.05) is 6.07 Å². The third-order valence-electron chi connectivity index (χ3n) is 6.23. The van der Waals surface area contributed by atoms with Crippen molar-refractivity contribution in [1.82, 2.24) is 19.7 Å². The van der Waals surface area contributed by atoms with Gasteiger partial charge in [0.05, 0.1) is 29.1 Å². The molecule has 0 spiro atoms. The zero-order valence-corrected chi connectivity index (χ0v) is 18.4. The Morgan fingerprint density at radius 3 is 2.42 bits per heavy atom. The van der Waals surface area contributed by atoms with Gasteiger partial charge in [-0.2, -0.15) is 18.3 Å². The van der Waals surface area contributed by atoms with Crippen molar-refractivity contribution in [2.75, 3.05) is 0 Å². The molecule has 3 aromatic rings. The summed E-state index contributed by atoms with van der Waals surface area (Å²) in [4.78, 5) is 21.4. The lowest BCUT2D eigenvalue weighted by molar-refractivity contribution is -0.137. The van der Waals surface area contributed by atoms with Gasteiger partial charge in [0.1, 0.15) is 0 Å². The Morgan fingerprint density at radius 1 is 1.09 bits per heavy atom. The number of nitrogens with zero attached hydrogens (tertiary/aromatic N) is 4. The molecule has 0 bridgehead atoms. The van der Waals surface area contributed by atoms with Crippen molar-refractivity contribution in [3.63, 3.8) is 0 Å². The van der Waals surface area contributed by atoms with Crippen molar-refractivity contribution in [2.24, 2.45) is 0 Å². The van der Waals surface area contributed by atoms with Gasteiger partial charge in [-0.15, -0.1) is 0 Å². The number of Topliss-reactive ketones (excluding diaryl/α,β-unsaturated/α-hetero) is 1. The number of aliphatic hydroxyl groups excluding tert-OH is 1. The molecule has 0 aliphatic heterocycles. The molecule has 1 N–H and O–H groups in total. The number of halogens is 3. The number of carbonyl (C=O) groups excluding carboxylic acids is 1. The number of ketones is 1. The Hall–Kier alpha value is -3.07. The summed E-state index contributed by atoms with van der Waals surface area (Å²) in [6.45, 7) is 3.67. The minimum atomic E-state index is -4.47. The molecule has 0 atom stereocenters. The van der Waals surface area contributed by atoms with Gasteiger partial charge in [0.25, 0.3) is 0 Å². The molecule has 0 saturated heterocycles. The largest absolute Gasteiger partial charge is 0.417 e. The summed E-state index contributed by atoms with van der Waals surface area (Å²) in [6, 6.07) is 4.14. The van der Waals surface area contributed by atoms with Gasteiger partial charge in [0.2, 0.25) is 0 Å². The Morgan fingerprint density at radius 2 is 1.82 bits per heavy atom. The Balaban J connectivity index is 1.48. The Bertz CT molecular complexity index is 1150. The van der Waals surface area contributed by atoms with Crippen molar-refractivity contribution in [3.05, 3.63) is 70.4 Å². The van der Waals surface area contributed by atoms with Crippen molar-refractivity contribution in [1.29, 1.82) is 0 Å². The fourth-order valence-corrected chi connectivity index (χ4v) is 4.39. The highest BCUT2D eigenvalue weighted by Crippen LogP contribution is 2.33. The van der Waals surface area contributed by atoms with Gasteiger partial charge < -0.3 is 5.11 Å². The van der Waals surface area contributed by atoms with E-state index >= 15 is 0 Å². The molecule has 0 aromatic carbocycles. The molecule has 6 nitrogen and oxygen atoms in total. The van der Waals surface area contributed by atoms with Gasteiger partial charge in [-0.25, -0.2) is 9.67 Å². The molecular formula is C24H25F3N4O2. The number of aliphatic hydroxyl groups is 1. The summed E-state index contributed by atoms with van der Waals surface area (Å²) in [5, 5.41) is 13.9. The van der Waals surface area contributed by atoms with E-state index in [1.54, 1.807) is 13.1 Å². The van der Waals surface area contributed by atoms with Crippen LogP contribution in [-0.4, -0.2) is 36.7 Å². The highest BCUT2D eigenvalue weighted by molar-refractivity contribution is 5.98. The van der Waals surface area contributed by atoms with Crippen LogP contribution in [0, 0.1) is 13.8 Å². The monoisotopic (exact) mass is 458 g/mol. The number of aryl methyl sites for hydroxylation is 1. The fourth-order valence-electron chi connectivity index (χ4n) is 4.39. The van der Waals surface area contributed by atoms with E-state index in [9.17, 15) is 23.1 Å². The first-order valence-corrected chi connectivity index (χ1v) is 10.9. The average molecular weight is 458 g/mol. The third-order valence-corrected chi connectivity index (χ3v) is 6.23. The van der Waals surface area contributed by atoms with Crippen LogP contribution in [0.1, 0.15) is 70.0 Å². The molecule has 1 saturated carbocycles. The first-order chi connectivity index (χ1) is 15.6.